The van der Waals surface area contributed by atoms with E-state index < -0.39 is 0 Å². The third-order valence-electron chi connectivity index (χ3n) is 2.44. The Morgan fingerprint density at radius 1 is 1.47 bits per heavy atom. The molecule has 0 amide bonds. The highest BCUT2D eigenvalue weighted by Gasteiger charge is 2.10. The van der Waals surface area contributed by atoms with Gasteiger partial charge in [0, 0.05) is 10.4 Å². The van der Waals surface area contributed by atoms with Crippen LogP contribution in [0.15, 0.2) is 18.2 Å². The summed E-state index contributed by atoms with van der Waals surface area (Å²) in [6.45, 7) is 1.91. The van der Waals surface area contributed by atoms with Crippen LogP contribution in [0.1, 0.15) is 10.6 Å². The number of aromatic nitrogens is 1. The van der Waals surface area contributed by atoms with Crippen LogP contribution >= 0.6 is 22.9 Å². The van der Waals surface area contributed by atoms with Crippen LogP contribution in [0.25, 0.3) is 10.6 Å². The highest BCUT2D eigenvalue weighted by atomic mass is 35.5. The maximum absolute atomic E-state index is 9.11. The lowest BCUT2D eigenvalue weighted by Gasteiger charge is -2.03. The molecule has 1 heterocycles. The molecule has 0 fully saturated rings. The van der Waals surface area contributed by atoms with Crippen molar-refractivity contribution in [3.63, 3.8) is 0 Å². The summed E-state index contributed by atoms with van der Waals surface area (Å²) in [5.74, 6) is 0.645. The molecule has 2 aromatic rings. The first-order valence-corrected chi connectivity index (χ1v) is 6.26. The van der Waals surface area contributed by atoms with Crippen molar-refractivity contribution in [1.29, 1.82) is 0 Å². The topological polar surface area (TPSA) is 42.4 Å². The Bertz CT molecular complexity index is 539. The number of ether oxygens (including phenoxy) is 1. The number of rotatable bonds is 3. The summed E-state index contributed by atoms with van der Waals surface area (Å²) in [6.07, 6.45) is 0. The highest BCUT2D eigenvalue weighted by Crippen LogP contribution is 2.33. The minimum atomic E-state index is -0.0355. The maximum Gasteiger partial charge on any atom is 0.137 e. The molecule has 0 aliphatic heterocycles. The Kier molecular flexibility index (Phi) is 3.66. The van der Waals surface area contributed by atoms with Gasteiger partial charge in [-0.2, -0.15) is 0 Å². The fourth-order valence-corrected chi connectivity index (χ4v) is 2.67. The molecule has 0 saturated heterocycles. The molecule has 5 heteroatoms. The standard InChI is InChI=1S/C12H12ClNO2S/c1-7-10(6-15)14-12(17-7)8-3-4-11(16-2)9(13)5-8/h3-5,15H,6H2,1-2H3. The summed E-state index contributed by atoms with van der Waals surface area (Å²) >= 11 is 7.61. The summed E-state index contributed by atoms with van der Waals surface area (Å²) in [4.78, 5) is 5.39. The Hall–Kier alpha value is -1.10. The van der Waals surface area contributed by atoms with Gasteiger partial charge in [0.2, 0.25) is 0 Å². The fourth-order valence-electron chi connectivity index (χ4n) is 1.50. The quantitative estimate of drug-likeness (QED) is 0.930. The molecule has 0 radical (unpaired) electrons. The Morgan fingerprint density at radius 2 is 2.24 bits per heavy atom. The third-order valence-corrected chi connectivity index (χ3v) is 3.80. The number of thiazole rings is 1. The molecule has 0 saturated carbocycles. The predicted molar refractivity (Wildman–Crippen MR) is 69.8 cm³/mol. The van der Waals surface area contributed by atoms with E-state index in [9.17, 15) is 0 Å². The van der Waals surface area contributed by atoms with Crippen LogP contribution in [0.3, 0.4) is 0 Å². The molecule has 0 spiro atoms. The second-order valence-electron chi connectivity index (χ2n) is 3.53. The van der Waals surface area contributed by atoms with Gasteiger partial charge >= 0.3 is 0 Å². The van der Waals surface area contributed by atoms with E-state index in [-0.39, 0.29) is 6.61 Å². The molecule has 0 bridgehead atoms. The summed E-state index contributed by atoms with van der Waals surface area (Å²) in [5, 5.41) is 10.5. The molecule has 17 heavy (non-hydrogen) atoms. The van der Waals surface area contributed by atoms with Crippen molar-refractivity contribution in [2.45, 2.75) is 13.5 Å². The van der Waals surface area contributed by atoms with Crippen molar-refractivity contribution >= 4 is 22.9 Å². The Morgan fingerprint density at radius 3 is 2.76 bits per heavy atom. The van der Waals surface area contributed by atoms with Gasteiger partial charge in [0.25, 0.3) is 0 Å². The number of aliphatic hydroxyl groups is 1. The van der Waals surface area contributed by atoms with E-state index >= 15 is 0 Å². The lowest BCUT2D eigenvalue weighted by molar-refractivity contribution is 0.277. The number of methoxy groups -OCH3 is 1. The van der Waals surface area contributed by atoms with Crippen LogP contribution < -0.4 is 4.74 Å². The van der Waals surface area contributed by atoms with Crippen LogP contribution in [0, 0.1) is 6.92 Å². The Labute approximate surface area is 109 Å². The Balaban J connectivity index is 2.42. The predicted octanol–water partition coefficient (Wildman–Crippen LogP) is 3.27. The van der Waals surface area contributed by atoms with E-state index in [1.807, 2.05) is 25.1 Å². The molecule has 90 valence electrons. The van der Waals surface area contributed by atoms with E-state index in [2.05, 4.69) is 4.98 Å². The molecule has 0 aliphatic carbocycles. The number of nitrogens with zero attached hydrogens (tertiary/aromatic N) is 1. The second kappa shape index (κ2) is 5.04. The van der Waals surface area contributed by atoms with Crippen molar-refractivity contribution in [3.05, 3.63) is 33.8 Å². The fraction of sp³-hybridized carbons (Fsp3) is 0.250. The molecule has 1 aromatic heterocycles. The van der Waals surface area contributed by atoms with Gasteiger partial charge in [-0.3, -0.25) is 0 Å². The molecule has 1 aromatic carbocycles. The van der Waals surface area contributed by atoms with Gasteiger partial charge in [0.15, 0.2) is 0 Å². The van der Waals surface area contributed by atoms with Gasteiger partial charge in [-0.05, 0) is 25.1 Å². The monoisotopic (exact) mass is 269 g/mol. The molecule has 2 rings (SSSR count). The SMILES string of the molecule is COc1ccc(-c2nc(CO)c(C)s2)cc1Cl. The first-order valence-electron chi connectivity index (χ1n) is 5.06. The van der Waals surface area contributed by atoms with Gasteiger partial charge in [0.05, 0.1) is 24.4 Å². The summed E-state index contributed by atoms with van der Waals surface area (Å²) < 4.78 is 5.10. The first-order chi connectivity index (χ1) is 8.15. The zero-order valence-corrected chi connectivity index (χ0v) is 11.1. The average Bonchev–Trinajstić information content (AvgIpc) is 2.70. The zero-order chi connectivity index (χ0) is 12.4. The molecule has 1 N–H and O–H groups in total. The van der Waals surface area contributed by atoms with E-state index in [4.69, 9.17) is 21.4 Å². The second-order valence-corrected chi connectivity index (χ2v) is 5.14. The number of hydrogen-bond donors (Lipinski definition) is 1. The normalized spacial score (nSPS) is 10.6. The van der Waals surface area contributed by atoms with Crippen LogP contribution in [0.5, 0.6) is 5.75 Å². The van der Waals surface area contributed by atoms with Crippen LogP contribution in [-0.2, 0) is 6.61 Å². The van der Waals surface area contributed by atoms with E-state index in [0.717, 1.165) is 21.1 Å². The summed E-state index contributed by atoms with van der Waals surface area (Å²) in [7, 11) is 1.58. The first kappa shape index (κ1) is 12.4. The summed E-state index contributed by atoms with van der Waals surface area (Å²) in [5.41, 5.74) is 1.65. The number of aryl methyl sites for hydroxylation is 1. The lowest BCUT2D eigenvalue weighted by atomic mass is 10.2. The zero-order valence-electron chi connectivity index (χ0n) is 9.53. The van der Waals surface area contributed by atoms with Crippen LogP contribution in [-0.4, -0.2) is 17.2 Å². The van der Waals surface area contributed by atoms with Crippen molar-refractivity contribution < 1.29 is 9.84 Å². The van der Waals surface area contributed by atoms with E-state index in [1.54, 1.807) is 18.4 Å². The minimum absolute atomic E-state index is 0.0355. The highest BCUT2D eigenvalue weighted by molar-refractivity contribution is 7.15. The van der Waals surface area contributed by atoms with Crippen LogP contribution in [0.4, 0.5) is 0 Å². The van der Waals surface area contributed by atoms with E-state index in [1.165, 1.54) is 0 Å². The van der Waals surface area contributed by atoms with Gasteiger partial charge in [0.1, 0.15) is 10.8 Å². The minimum Gasteiger partial charge on any atom is -0.495 e. The number of hydrogen-bond acceptors (Lipinski definition) is 4. The van der Waals surface area contributed by atoms with Crippen LogP contribution in [0.2, 0.25) is 5.02 Å². The number of halogens is 1. The molecular weight excluding hydrogens is 258 g/mol. The van der Waals surface area contributed by atoms with Crippen molar-refractivity contribution in [3.8, 4) is 16.3 Å². The van der Waals surface area contributed by atoms with Crippen molar-refractivity contribution in [2.75, 3.05) is 7.11 Å². The van der Waals surface area contributed by atoms with Gasteiger partial charge in [-0.1, -0.05) is 11.6 Å². The smallest absolute Gasteiger partial charge is 0.137 e. The molecule has 0 aliphatic rings. The lowest BCUT2D eigenvalue weighted by Crippen LogP contribution is -1.86. The van der Waals surface area contributed by atoms with Gasteiger partial charge < -0.3 is 9.84 Å². The molecule has 3 nitrogen and oxygen atoms in total. The number of aliphatic hydroxyl groups excluding tert-OH is 1. The van der Waals surface area contributed by atoms with Gasteiger partial charge in [-0.15, -0.1) is 11.3 Å². The maximum atomic E-state index is 9.11. The molecular formula is C12H12ClNO2S. The number of benzene rings is 1. The summed E-state index contributed by atoms with van der Waals surface area (Å²) in [6, 6.07) is 5.54. The van der Waals surface area contributed by atoms with Gasteiger partial charge in [-0.25, -0.2) is 4.98 Å². The van der Waals surface area contributed by atoms with E-state index in [0.29, 0.717) is 10.8 Å². The molecule has 0 atom stereocenters. The molecule has 0 unspecified atom stereocenters. The van der Waals surface area contributed by atoms with Crippen molar-refractivity contribution in [1.82, 2.24) is 4.98 Å². The largest absolute Gasteiger partial charge is 0.495 e. The average molecular weight is 270 g/mol. The third kappa shape index (κ3) is 2.44. The van der Waals surface area contributed by atoms with Crippen molar-refractivity contribution in [2.24, 2.45) is 0 Å².